The third kappa shape index (κ3) is 2.97. The van der Waals surface area contributed by atoms with Gasteiger partial charge in [-0.3, -0.25) is 0 Å². The van der Waals surface area contributed by atoms with E-state index in [4.69, 9.17) is 10.5 Å². The first-order valence-corrected chi connectivity index (χ1v) is 5.74. The summed E-state index contributed by atoms with van der Waals surface area (Å²) >= 11 is 0. The van der Waals surface area contributed by atoms with E-state index in [1.165, 1.54) is 16.8 Å². The maximum atomic E-state index is 5.72. The summed E-state index contributed by atoms with van der Waals surface area (Å²) in [6.07, 6.45) is 7.39. The molecule has 0 atom stereocenters. The van der Waals surface area contributed by atoms with Gasteiger partial charge in [-0.05, 0) is 37.5 Å². The van der Waals surface area contributed by atoms with Crippen LogP contribution in [-0.2, 0) is 17.8 Å². The Morgan fingerprint density at radius 2 is 2.25 bits per heavy atom. The van der Waals surface area contributed by atoms with E-state index >= 15 is 0 Å². The van der Waals surface area contributed by atoms with Crippen molar-refractivity contribution in [3.8, 4) is 0 Å². The minimum atomic E-state index is 0.605. The summed E-state index contributed by atoms with van der Waals surface area (Å²) in [7, 11) is 1.74. The lowest BCUT2D eigenvalue weighted by Gasteiger charge is -2.06. The minimum Gasteiger partial charge on any atom is -0.385 e. The van der Waals surface area contributed by atoms with Gasteiger partial charge in [0.05, 0.1) is 0 Å². The van der Waals surface area contributed by atoms with Gasteiger partial charge in [0.1, 0.15) is 0 Å². The van der Waals surface area contributed by atoms with Crippen LogP contribution in [0.2, 0.25) is 0 Å². The molecule has 0 fully saturated rings. The molecule has 2 N–H and O–H groups in total. The van der Waals surface area contributed by atoms with Crippen LogP contribution in [0.5, 0.6) is 0 Å². The first kappa shape index (κ1) is 13.0. The molecule has 0 bridgehead atoms. The Balaban J connectivity index is 2.88. The summed E-state index contributed by atoms with van der Waals surface area (Å²) in [5, 5.41) is 0. The van der Waals surface area contributed by atoms with E-state index in [2.05, 4.69) is 29.8 Å². The van der Waals surface area contributed by atoms with Crippen molar-refractivity contribution < 1.29 is 4.74 Å². The summed E-state index contributed by atoms with van der Waals surface area (Å²) in [5.41, 5.74) is 9.50. The summed E-state index contributed by atoms with van der Waals surface area (Å²) in [6, 6.07) is 0. The van der Waals surface area contributed by atoms with Gasteiger partial charge in [0.25, 0.3) is 0 Å². The molecule has 0 aliphatic heterocycles. The van der Waals surface area contributed by atoms with Crippen LogP contribution >= 0.6 is 0 Å². The highest BCUT2D eigenvalue weighted by molar-refractivity contribution is 5.52. The maximum Gasteiger partial charge on any atom is 0.0479 e. The highest BCUT2D eigenvalue weighted by Crippen LogP contribution is 2.18. The van der Waals surface area contributed by atoms with Crippen LogP contribution in [0.3, 0.4) is 0 Å². The lowest BCUT2D eigenvalue weighted by Crippen LogP contribution is -2.02. The van der Waals surface area contributed by atoms with E-state index in [9.17, 15) is 0 Å². The highest BCUT2D eigenvalue weighted by Gasteiger charge is 2.08. The molecule has 16 heavy (non-hydrogen) atoms. The first-order chi connectivity index (χ1) is 7.74. The van der Waals surface area contributed by atoms with E-state index < -0.39 is 0 Å². The van der Waals surface area contributed by atoms with Crippen LogP contribution < -0.4 is 5.73 Å². The Labute approximate surface area is 97.9 Å². The van der Waals surface area contributed by atoms with Crippen LogP contribution in [0.1, 0.15) is 30.2 Å². The molecule has 0 radical (unpaired) electrons. The average Bonchev–Trinajstić information content (AvgIpc) is 2.58. The normalized spacial score (nSPS) is 11.5. The number of aromatic nitrogens is 1. The summed E-state index contributed by atoms with van der Waals surface area (Å²) < 4.78 is 7.33. The molecule has 0 saturated heterocycles. The number of aryl methyl sites for hydroxylation is 1. The molecule has 3 nitrogen and oxygen atoms in total. The standard InChI is InChI=1S/C13H22N2O/c1-4-6-13-11(2)12(9-14)10-15(13)7-5-8-16-3/h4,6,10H,5,7-9,14H2,1-3H3/b6-4-. The van der Waals surface area contributed by atoms with E-state index in [1.807, 2.05) is 6.92 Å². The van der Waals surface area contributed by atoms with Crippen molar-refractivity contribution in [2.75, 3.05) is 13.7 Å². The second kappa shape index (κ2) is 6.51. The van der Waals surface area contributed by atoms with Gasteiger partial charge in [0.15, 0.2) is 0 Å². The zero-order valence-corrected chi connectivity index (χ0v) is 10.5. The van der Waals surface area contributed by atoms with E-state index in [0.717, 1.165) is 19.6 Å². The topological polar surface area (TPSA) is 40.2 Å². The second-order valence-corrected chi connectivity index (χ2v) is 3.91. The molecule has 90 valence electrons. The maximum absolute atomic E-state index is 5.72. The number of ether oxygens (including phenoxy) is 1. The molecule has 0 amide bonds. The Hall–Kier alpha value is -1.06. The smallest absolute Gasteiger partial charge is 0.0479 e. The second-order valence-electron chi connectivity index (χ2n) is 3.91. The zero-order chi connectivity index (χ0) is 12.0. The molecule has 0 aliphatic carbocycles. The number of rotatable bonds is 6. The fourth-order valence-corrected chi connectivity index (χ4v) is 1.88. The molecule has 1 rings (SSSR count). The largest absolute Gasteiger partial charge is 0.385 e. The fraction of sp³-hybridized carbons (Fsp3) is 0.538. The highest BCUT2D eigenvalue weighted by atomic mass is 16.5. The molecule has 1 heterocycles. The number of nitrogens with two attached hydrogens (primary N) is 1. The molecule has 1 aromatic rings. The van der Waals surface area contributed by atoms with Crippen molar-refractivity contribution in [2.45, 2.75) is 33.4 Å². The number of allylic oxidation sites excluding steroid dienone is 1. The van der Waals surface area contributed by atoms with Crippen LogP contribution in [0, 0.1) is 6.92 Å². The van der Waals surface area contributed by atoms with Gasteiger partial charge in [0, 0.05) is 38.7 Å². The first-order valence-electron chi connectivity index (χ1n) is 5.74. The molecule has 0 aliphatic rings. The third-order valence-corrected chi connectivity index (χ3v) is 2.78. The van der Waals surface area contributed by atoms with Gasteiger partial charge in [-0.2, -0.15) is 0 Å². The summed E-state index contributed by atoms with van der Waals surface area (Å²) in [4.78, 5) is 0. The molecule has 1 aromatic heterocycles. The monoisotopic (exact) mass is 222 g/mol. The number of hydrogen-bond acceptors (Lipinski definition) is 2. The predicted molar refractivity (Wildman–Crippen MR) is 68.3 cm³/mol. The lowest BCUT2D eigenvalue weighted by atomic mass is 10.1. The SMILES string of the molecule is C/C=C\c1c(C)c(CN)cn1CCCOC. The molecular weight excluding hydrogens is 200 g/mol. The van der Waals surface area contributed by atoms with E-state index in [1.54, 1.807) is 7.11 Å². The molecule has 0 aromatic carbocycles. The average molecular weight is 222 g/mol. The molecule has 0 spiro atoms. The van der Waals surface area contributed by atoms with Gasteiger partial charge < -0.3 is 15.0 Å². The quantitative estimate of drug-likeness (QED) is 0.750. The number of methoxy groups -OCH3 is 1. The van der Waals surface area contributed by atoms with Crippen molar-refractivity contribution >= 4 is 6.08 Å². The van der Waals surface area contributed by atoms with E-state index in [0.29, 0.717) is 6.54 Å². The summed E-state index contributed by atoms with van der Waals surface area (Å²) in [6.45, 7) is 6.55. The van der Waals surface area contributed by atoms with Crippen molar-refractivity contribution in [1.29, 1.82) is 0 Å². The Morgan fingerprint density at radius 3 is 2.81 bits per heavy atom. The molecule has 0 unspecified atom stereocenters. The van der Waals surface area contributed by atoms with Crippen LogP contribution in [0.25, 0.3) is 6.08 Å². The van der Waals surface area contributed by atoms with Crippen LogP contribution in [0.4, 0.5) is 0 Å². The minimum absolute atomic E-state index is 0.605. The number of hydrogen-bond donors (Lipinski definition) is 1. The van der Waals surface area contributed by atoms with Gasteiger partial charge in [0.2, 0.25) is 0 Å². The van der Waals surface area contributed by atoms with Crippen LogP contribution in [-0.4, -0.2) is 18.3 Å². The fourth-order valence-electron chi connectivity index (χ4n) is 1.88. The van der Waals surface area contributed by atoms with Gasteiger partial charge >= 0.3 is 0 Å². The Bertz CT molecular complexity index is 353. The number of nitrogens with zero attached hydrogens (tertiary/aromatic N) is 1. The summed E-state index contributed by atoms with van der Waals surface area (Å²) in [5.74, 6) is 0. The van der Waals surface area contributed by atoms with Crippen molar-refractivity contribution in [3.05, 3.63) is 29.1 Å². The third-order valence-electron chi connectivity index (χ3n) is 2.78. The Morgan fingerprint density at radius 1 is 1.50 bits per heavy atom. The van der Waals surface area contributed by atoms with Crippen LogP contribution in [0.15, 0.2) is 12.3 Å². The molecule has 3 heteroatoms. The predicted octanol–water partition coefficient (Wildman–Crippen LogP) is 2.32. The molecular formula is C13H22N2O. The van der Waals surface area contributed by atoms with Gasteiger partial charge in [-0.15, -0.1) is 0 Å². The van der Waals surface area contributed by atoms with Gasteiger partial charge in [-0.25, -0.2) is 0 Å². The van der Waals surface area contributed by atoms with Crippen molar-refractivity contribution in [1.82, 2.24) is 4.57 Å². The zero-order valence-electron chi connectivity index (χ0n) is 10.5. The Kier molecular flexibility index (Phi) is 5.29. The van der Waals surface area contributed by atoms with Crippen molar-refractivity contribution in [3.63, 3.8) is 0 Å². The van der Waals surface area contributed by atoms with Crippen molar-refractivity contribution in [2.24, 2.45) is 5.73 Å². The molecule has 0 saturated carbocycles. The van der Waals surface area contributed by atoms with Gasteiger partial charge in [-0.1, -0.05) is 6.08 Å². The lowest BCUT2D eigenvalue weighted by molar-refractivity contribution is 0.190. The van der Waals surface area contributed by atoms with E-state index in [-0.39, 0.29) is 0 Å².